The second-order valence-corrected chi connectivity index (χ2v) is 4.99. The third kappa shape index (κ3) is 2.48. The van der Waals surface area contributed by atoms with Crippen LogP contribution in [0.1, 0.15) is 24.5 Å². The average Bonchev–Trinajstić information content (AvgIpc) is 2.83. The summed E-state index contributed by atoms with van der Waals surface area (Å²) in [6.45, 7) is 4.06. The standard InChI is InChI=1S/C11H15N3OS/c1-3-8-4-5-9(16-8)11-13-10(14-15-11)6-7(2)12/h4-5,7H,3,6,12H2,1-2H3. The van der Waals surface area contributed by atoms with E-state index in [2.05, 4.69) is 23.1 Å². The fourth-order valence-corrected chi connectivity index (χ4v) is 2.28. The summed E-state index contributed by atoms with van der Waals surface area (Å²) in [6.07, 6.45) is 1.68. The van der Waals surface area contributed by atoms with Gasteiger partial charge in [-0.05, 0) is 25.5 Å². The number of hydrogen-bond acceptors (Lipinski definition) is 5. The Balaban J connectivity index is 2.17. The van der Waals surface area contributed by atoms with Crippen molar-refractivity contribution in [2.45, 2.75) is 32.7 Å². The van der Waals surface area contributed by atoms with Crippen LogP contribution >= 0.6 is 11.3 Å². The molecule has 0 fully saturated rings. The lowest BCUT2D eigenvalue weighted by Gasteiger charge is -1.96. The number of thiophene rings is 1. The van der Waals surface area contributed by atoms with Crippen LogP contribution in [0.25, 0.3) is 10.8 Å². The molecule has 0 amide bonds. The summed E-state index contributed by atoms with van der Waals surface area (Å²) >= 11 is 1.69. The van der Waals surface area contributed by atoms with Crippen molar-refractivity contribution in [2.24, 2.45) is 5.73 Å². The van der Waals surface area contributed by atoms with Crippen LogP contribution in [0.4, 0.5) is 0 Å². The first-order valence-electron chi connectivity index (χ1n) is 5.36. The number of aromatic nitrogens is 2. The Morgan fingerprint density at radius 2 is 2.31 bits per heavy atom. The van der Waals surface area contributed by atoms with Crippen molar-refractivity contribution in [1.29, 1.82) is 0 Å². The highest BCUT2D eigenvalue weighted by Crippen LogP contribution is 2.26. The van der Waals surface area contributed by atoms with Gasteiger partial charge < -0.3 is 10.3 Å². The lowest BCUT2D eigenvalue weighted by atomic mass is 10.2. The van der Waals surface area contributed by atoms with Crippen molar-refractivity contribution in [1.82, 2.24) is 10.1 Å². The lowest BCUT2D eigenvalue weighted by Crippen LogP contribution is -2.18. The highest BCUT2D eigenvalue weighted by atomic mass is 32.1. The third-order valence-electron chi connectivity index (χ3n) is 2.19. The van der Waals surface area contributed by atoms with Crippen molar-refractivity contribution in [3.05, 3.63) is 22.8 Å². The molecule has 86 valence electrons. The molecule has 2 N–H and O–H groups in total. The predicted octanol–water partition coefficient (Wildman–Crippen LogP) is 2.25. The highest BCUT2D eigenvalue weighted by Gasteiger charge is 2.11. The van der Waals surface area contributed by atoms with Crippen molar-refractivity contribution in [2.75, 3.05) is 0 Å². The second-order valence-electron chi connectivity index (χ2n) is 3.82. The van der Waals surface area contributed by atoms with E-state index in [0.29, 0.717) is 18.1 Å². The van der Waals surface area contributed by atoms with Gasteiger partial charge in [0.05, 0.1) is 4.88 Å². The maximum absolute atomic E-state index is 5.68. The van der Waals surface area contributed by atoms with Crippen LogP contribution in [0.2, 0.25) is 0 Å². The largest absolute Gasteiger partial charge is 0.333 e. The van der Waals surface area contributed by atoms with Gasteiger partial charge in [0.25, 0.3) is 5.89 Å². The number of rotatable bonds is 4. The zero-order valence-electron chi connectivity index (χ0n) is 9.43. The van der Waals surface area contributed by atoms with Gasteiger partial charge in [-0.15, -0.1) is 11.3 Å². The molecular formula is C11H15N3OS. The topological polar surface area (TPSA) is 64.9 Å². The van der Waals surface area contributed by atoms with Crippen molar-refractivity contribution in [3.8, 4) is 10.8 Å². The van der Waals surface area contributed by atoms with Gasteiger partial charge in [-0.2, -0.15) is 4.98 Å². The molecule has 0 aliphatic carbocycles. The summed E-state index contributed by atoms with van der Waals surface area (Å²) in [5, 5.41) is 3.91. The first kappa shape index (κ1) is 11.3. The van der Waals surface area contributed by atoms with Crippen LogP contribution in [0.3, 0.4) is 0 Å². The molecule has 16 heavy (non-hydrogen) atoms. The fraction of sp³-hybridized carbons (Fsp3) is 0.455. The zero-order chi connectivity index (χ0) is 11.5. The Bertz CT molecular complexity index is 461. The minimum atomic E-state index is 0.0555. The lowest BCUT2D eigenvalue weighted by molar-refractivity contribution is 0.421. The molecule has 4 nitrogen and oxygen atoms in total. The van der Waals surface area contributed by atoms with Gasteiger partial charge in [0, 0.05) is 17.3 Å². The Labute approximate surface area is 98.5 Å². The summed E-state index contributed by atoms with van der Waals surface area (Å²) in [5.74, 6) is 1.27. The zero-order valence-corrected chi connectivity index (χ0v) is 10.3. The number of hydrogen-bond donors (Lipinski definition) is 1. The Morgan fingerprint density at radius 1 is 1.50 bits per heavy atom. The van der Waals surface area contributed by atoms with Gasteiger partial charge in [0.15, 0.2) is 5.82 Å². The van der Waals surface area contributed by atoms with Crippen LogP contribution in [0.15, 0.2) is 16.7 Å². The van der Waals surface area contributed by atoms with Gasteiger partial charge in [-0.1, -0.05) is 12.1 Å². The van der Waals surface area contributed by atoms with Crippen LogP contribution in [0, 0.1) is 0 Å². The molecule has 2 aromatic heterocycles. The summed E-state index contributed by atoms with van der Waals surface area (Å²) in [7, 11) is 0. The molecule has 0 aliphatic rings. The smallest absolute Gasteiger partial charge is 0.267 e. The van der Waals surface area contributed by atoms with E-state index < -0.39 is 0 Å². The minimum Gasteiger partial charge on any atom is -0.333 e. The molecule has 1 atom stereocenters. The molecule has 0 aromatic carbocycles. The molecule has 0 spiro atoms. The van der Waals surface area contributed by atoms with Crippen molar-refractivity contribution >= 4 is 11.3 Å². The monoisotopic (exact) mass is 237 g/mol. The molecule has 0 bridgehead atoms. The van der Waals surface area contributed by atoms with E-state index >= 15 is 0 Å². The van der Waals surface area contributed by atoms with E-state index in [1.54, 1.807) is 11.3 Å². The van der Waals surface area contributed by atoms with Gasteiger partial charge >= 0.3 is 0 Å². The molecular weight excluding hydrogens is 222 g/mol. The van der Waals surface area contributed by atoms with Gasteiger partial charge in [-0.25, -0.2) is 0 Å². The Hall–Kier alpha value is -1.20. The van der Waals surface area contributed by atoms with Crippen molar-refractivity contribution < 1.29 is 4.52 Å². The van der Waals surface area contributed by atoms with E-state index in [1.807, 2.05) is 13.0 Å². The first-order chi connectivity index (χ1) is 7.69. The number of nitrogens with two attached hydrogens (primary N) is 1. The molecule has 0 saturated carbocycles. The van der Waals surface area contributed by atoms with E-state index in [4.69, 9.17) is 10.3 Å². The average molecular weight is 237 g/mol. The SMILES string of the molecule is CCc1ccc(-c2nc(CC(C)N)no2)s1. The molecule has 1 unspecified atom stereocenters. The van der Waals surface area contributed by atoms with Crippen LogP contribution < -0.4 is 5.73 Å². The number of aryl methyl sites for hydroxylation is 1. The third-order valence-corrected chi connectivity index (χ3v) is 3.41. The number of nitrogens with zero attached hydrogens (tertiary/aromatic N) is 2. The first-order valence-corrected chi connectivity index (χ1v) is 6.18. The summed E-state index contributed by atoms with van der Waals surface area (Å²) in [5.41, 5.74) is 5.68. The summed E-state index contributed by atoms with van der Waals surface area (Å²) < 4.78 is 5.20. The van der Waals surface area contributed by atoms with E-state index in [1.165, 1.54) is 4.88 Å². The van der Waals surface area contributed by atoms with E-state index in [-0.39, 0.29) is 6.04 Å². The molecule has 2 rings (SSSR count). The summed E-state index contributed by atoms with van der Waals surface area (Å²) in [6, 6.07) is 4.17. The second kappa shape index (κ2) is 4.76. The molecule has 5 heteroatoms. The van der Waals surface area contributed by atoms with Gasteiger partial charge in [0.2, 0.25) is 0 Å². The minimum absolute atomic E-state index is 0.0555. The molecule has 0 radical (unpaired) electrons. The van der Waals surface area contributed by atoms with Crippen molar-refractivity contribution in [3.63, 3.8) is 0 Å². The van der Waals surface area contributed by atoms with Gasteiger partial charge in [0.1, 0.15) is 0 Å². The van der Waals surface area contributed by atoms with E-state index in [9.17, 15) is 0 Å². The van der Waals surface area contributed by atoms with Gasteiger partial charge in [-0.3, -0.25) is 0 Å². The van der Waals surface area contributed by atoms with Crippen LogP contribution in [-0.2, 0) is 12.8 Å². The predicted molar refractivity (Wildman–Crippen MR) is 64.3 cm³/mol. The quantitative estimate of drug-likeness (QED) is 0.885. The molecule has 0 aliphatic heterocycles. The molecule has 0 saturated heterocycles. The molecule has 2 aromatic rings. The Kier molecular flexibility index (Phi) is 3.36. The van der Waals surface area contributed by atoms with Crippen LogP contribution in [-0.4, -0.2) is 16.2 Å². The molecule has 2 heterocycles. The van der Waals surface area contributed by atoms with Crippen LogP contribution in [0.5, 0.6) is 0 Å². The maximum atomic E-state index is 5.68. The summed E-state index contributed by atoms with van der Waals surface area (Å²) in [4.78, 5) is 6.67. The normalized spacial score (nSPS) is 12.9. The van der Waals surface area contributed by atoms with E-state index in [0.717, 1.165) is 11.3 Å². The fourth-order valence-electron chi connectivity index (χ4n) is 1.41. The maximum Gasteiger partial charge on any atom is 0.267 e. The highest BCUT2D eigenvalue weighted by molar-refractivity contribution is 7.15. The Morgan fingerprint density at radius 3 is 2.94 bits per heavy atom.